The zero-order chi connectivity index (χ0) is 20.6. The standard InChI is InChI=1S/C15H17F5O5S/c1-4-13(2,3)10-7-5-9(6-8-10)11(21)25-12(14(16,17)18)15(19,20)26(22,23)24/h5-8,12H,4H2,1-3H3,(H,22,23,24). The molecule has 26 heavy (non-hydrogen) atoms. The lowest BCUT2D eigenvalue weighted by Crippen LogP contribution is -2.52. The minimum absolute atomic E-state index is 0.297. The largest absolute Gasteiger partial charge is 0.441 e. The van der Waals surface area contributed by atoms with Crippen LogP contribution in [0, 0.1) is 0 Å². The van der Waals surface area contributed by atoms with E-state index in [4.69, 9.17) is 4.55 Å². The van der Waals surface area contributed by atoms with E-state index >= 15 is 0 Å². The number of benzene rings is 1. The number of hydrogen-bond acceptors (Lipinski definition) is 4. The SMILES string of the molecule is CCC(C)(C)c1ccc(C(=O)OC(C(F)(F)F)C(F)(F)S(=O)(=O)O)cc1. The zero-order valence-corrected chi connectivity index (χ0v) is 14.8. The van der Waals surface area contributed by atoms with Gasteiger partial charge in [0.1, 0.15) is 0 Å². The van der Waals surface area contributed by atoms with Crippen LogP contribution in [0.3, 0.4) is 0 Å². The molecule has 0 fully saturated rings. The fourth-order valence-corrected chi connectivity index (χ4v) is 2.35. The van der Waals surface area contributed by atoms with Gasteiger partial charge in [-0.1, -0.05) is 32.9 Å². The van der Waals surface area contributed by atoms with Crippen molar-refractivity contribution in [2.45, 2.75) is 50.1 Å². The molecule has 1 unspecified atom stereocenters. The molecule has 1 aromatic rings. The first-order valence-corrected chi connectivity index (χ1v) is 8.71. The summed E-state index contributed by atoms with van der Waals surface area (Å²) in [4.78, 5) is 11.8. The van der Waals surface area contributed by atoms with Gasteiger partial charge in [-0.05, 0) is 29.5 Å². The molecule has 1 aromatic carbocycles. The van der Waals surface area contributed by atoms with Crippen molar-refractivity contribution in [1.29, 1.82) is 0 Å². The van der Waals surface area contributed by atoms with Crippen LogP contribution in [-0.2, 0) is 20.3 Å². The van der Waals surface area contributed by atoms with Crippen molar-refractivity contribution >= 4 is 16.1 Å². The van der Waals surface area contributed by atoms with Crippen LogP contribution in [0.5, 0.6) is 0 Å². The van der Waals surface area contributed by atoms with E-state index in [0.29, 0.717) is 6.42 Å². The second-order valence-electron chi connectivity index (χ2n) is 6.18. The molecular weight excluding hydrogens is 387 g/mol. The predicted octanol–water partition coefficient (Wildman–Crippen LogP) is 3.94. The molecule has 0 saturated heterocycles. The van der Waals surface area contributed by atoms with Gasteiger partial charge in [-0.3, -0.25) is 4.55 Å². The van der Waals surface area contributed by atoms with Gasteiger partial charge in [0.2, 0.25) is 0 Å². The molecule has 0 spiro atoms. The van der Waals surface area contributed by atoms with Gasteiger partial charge in [-0.25, -0.2) is 4.79 Å². The van der Waals surface area contributed by atoms with Crippen LogP contribution in [0.25, 0.3) is 0 Å². The van der Waals surface area contributed by atoms with Crippen molar-refractivity contribution in [2.24, 2.45) is 0 Å². The highest BCUT2D eigenvalue weighted by Gasteiger charge is 2.66. The number of hydrogen-bond donors (Lipinski definition) is 1. The Bertz CT molecular complexity index is 754. The summed E-state index contributed by atoms with van der Waals surface area (Å²) in [6, 6.07) is 5.00. The van der Waals surface area contributed by atoms with Crippen LogP contribution < -0.4 is 0 Å². The summed E-state index contributed by atoms with van der Waals surface area (Å²) in [5, 5.41) is -5.76. The van der Waals surface area contributed by atoms with Crippen LogP contribution in [0.1, 0.15) is 43.1 Å². The fraction of sp³-hybridized carbons (Fsp3) is 0.533. The van der Waals surface area contributed by atoms with E-state index in [2.05, 4.69) is 4.74 Å². The molecule has 11 heteroatoms. The Morgan fingerprint density at radius 2 is 1.58 bits per heavy atom. The van der Waals surface area contributed by atoms with Gasteiger partial charge in [0.05, 0.1) is 5.56 Å². The number of carbonyl (C=O) groups is 1. The van der Waals surface area contributed by atoms with E-state index in [-0.39, 0.29) is 5.41 Å². The summed E-state index contributed by atoms with van der Waals surface area (Å²) in [6.07, 6.45) is -9.57. The van der Waals surface area contributed by atoms with Gasteiger partial charge in [0, 0.05) is 0 Å². The lowest BCUT2D eigenvalue weighted by Gasteiger charge is -2.26. The molecular formula is C15H17F5O5S. The van der Waals surface area contributed by atoms with Gasteiger partial charge in [-0.2, -0.15) is 30.4 Å². The minimum atomic E-state index is -6.47. The summed E-state index contributed by atoms with van der Waals surface area (Å²) >= 11 is 0. The van der Waals surface area contributed by atoms with E-state index in [1.807, 2.05) is 20.8 Å². The first-order valence-electron chi connectivity index (χ1n) is 7.27. The fourth-order valence-electron chi connectivity index (χ4n) is 1.90. The molecule has 0 heterocycles. The number of carbonyl (C=O) groups excluding carboxylic acids is 1. The number of alkyl halides is 5. The van der Waals surface area contributed by atoms with Gasteiger partial charge >= 0.3 is 27.5 Å². The van der Waals surface area contributed by atoms with E-state index < -0.39 is 39.2 Å². The maximum absolute atomic E-state index is 13.4. The topological polar surface area (TPSA) is 80.7 Å². The van der Waals surface area contributed by atoms with Gasteiger partial charge in [0.15, 0.2) is 0 Å². The molecule has 0 aliphatic heterocycles. The average molecular weight is 404 g/mol. The van der Waals surface area contributed by atoms with Crippen LogP contribution in [0.4, 0.5) is 22.0 Å². The second-order valence-corrected chi connectivity index (χ2v) is 7.67. The van der Waals surface area contributed by atoms with Gasteiger partial charge in [-0.15, -0.1) is 0 Å². The first kappa shape index (κ1) is 22.3. The first-order chi connectivity index (χ1) is 11.5. The summed E-state index contributed by atoms with van der Waals surface area (Å²) < 4.78 is 98.2. The molecule has 0 aromatic heterocycles. The van der Waals surface area contributed by atoms with Crippen molar-refractivity contribution in [3.05, 3.63) is 35.4 Å². The lowest BCUT2D eigenvalue weighted by molar-refractivity contribution is -0.248. The van der Waals surface area contributed by atoms with E-state index in [0.717, 1.165) is 17.7 Å². The maximum atomic E-state index is 13.4. The monoisotopic (exact) mass is 404 g/mol. The predicted molar refractivity (Wildman–Crippen MR) is 81.5 cm³/mol. The Kier molecular flexibility index (Phi) is 6.09. The number of halogens is 5. The molecule has 0 radical (unpaired) electrons. The Labute approximate surface area is 146 Å². The molecule has 0 saturated carbocycles. The third-order valence-corrected chi connectivity index (χ3v) is 4.86. The summed E-state index contributed by atoms with van der Waals surface area (Å²) in [7, 11) is -6.47. The number of rotatable bonds is 6. The third-order valence-electron chi connectivity index (χ3n) is 3.96. The Hall–Kier alpha value is -1.75. The highest BCUT2D eigenvalue weighted by molar-refractivity contribution is 7.86. The molecule has 0 aliphatic carbocycles. The van der Waals surface area contributed by atoms with Gasteiger partial charge in [0.25, 0.3) is 6.10 Å². The van der Waals surface area contributed by atoms with E-state index in [1.54, 1.807) is 0 Å². The Morgan fingerprint density at radius 1 is 1.12 bits per heavy atom. The normalized spacial score (nSPS) is 14.8. The number of esters is 1. The quantitative estimate of drug-likeness (QED) is 0.441. The molecule has 5 nitrogen and oxygen atoms in total. The molecule has 0 amide bonds. The number of ether oxygens (including phenoxy) is 1. The summed E-state index contributed by atoms with van der Waals surface area (Å²) in [5.41, 5.74) is -0.0391. The van der Waals surface area contributed by atoms with Crippen molar-refractivity contribution in [3.63, 3.8) is 0 Å². The Morgan fingerprint density at radius 3 is 1.92 bits per heavy atom. The van der Waals surface area contributed by atoms with Crippen molar-refractivity contribution < 1.29 is 44.5 Å². The molecule has 1 N–H and O–H groups in total. The van der Waals surface area contributed by atoms with Gasteiger partial charge < -0.3 is 4.74 Å². The minimum Gasteiger partial charge on any atom is -0.441 e. The molecule has 0 aliphatic rings. The highest BCUT2D eigenvalue weighted by atomic mass is 32.2. The summed E-state index contributed by atoms with van der Waals surface area (Å²) in [6.45, 7) is 5.66. The van der Waals surface area contributed by atoms with Crippen molar-refractivity contribution in [1.82, 2.24) is 0 Å². The molecule has 148 valence electrons. The third kappa shape index (κ3) is 4.70. The zero-order valence-electron chi connectivity index (χ0n) is 14.0. The average Bonchev–Trinajstić information content (AvgIpc) is 2.50. The van der Waals surface area contributed by atoms with Crippen LogP contribution in [0.15, 0.2) is 24.3 Å². The van der Waals surface area contributed by atoms with Crippen LogP contribution >= 0.6 is 0 Å². The molecule has 1 rings (SSSR count). The second kappa shape index (κ2) is 7.10. The summed E-state index contributed by atoms with van der Waals surface area (Å²) in [5.74, 6) is -1.81. The Balaban J connectivity index is 3.16. The van der Waals surface area contributed by atoms with Crippen molar-refractivity contribution in [2.75, 3.05) is 0 Å². The highest BCUT2D eigenvalue weighted by Crippen LogP contribution is 2.38. The smallest absolute Gasteiger partial charge is 0.432 e. The molecule has 0 bridgehead atoms. The van der Waals surface area contributed by atoms with Crippen molar-refractivity contribution in [3.8, 4) is 0 Å². The van der Waals surface area contributed by atoms with E-state index in [9.17, 15) is 35.2 Å². The van der Waals surface area contributed by atoms with E-state index in [1.165, 1.54) is 12.1 Å². The van der Waals surface area contributed by atoms with Crippen LogP contribution in [0.2, 0.25) is 0 Å². The lowest BCUT2D eigenvalue weighted by atomic mass is 9.82. The van der Waals surface area contributed by atoms with Crippen LogP contribution in [-0.4, -0.2) is 36.5 Å². The maximum Gasteiger partial charge on any atom is 0.432 e. The molecule has 1 atom stereocenters.